The fourth-order valence-corrected chi connectivity index (χ4v) is 6.08. The third-order valence-electron chi connectivity index (χ3n) is 5.35. The number of hydrogen-bond donors (Lipinski definition) is 0. The van der Waals surface area contributed by atoms with E-state index in [-0.39, 0.29) is 17.1 Å². The molecule has 0 fully saturated rings. The third-order valence-corrected chi connectivity index (χ3v) is 8.46. The van der Waals surface area contributed by atoms with Crippen LogP contribution in [0.4, 0.5) is 0 Å². The van der Waals surface area contributed by atoms with Gasteiger partial charge >= 0.3 is 5.97 Å². The normalized spacial score (nSPS) is 12.4. The van der Waals surface area contributed by atoms with Crippen molar-refractivity contribution in [3.63, 3.8) is 0 Å². The number of sulfonamides is 1. The van der Waals surface area contributed by atoms with Crippen molar-refractivity contribution < 1.29 is 27.5 Å². The van der Waals surface area contributed by atoms with Crippen molar-refractivity contribution >= 4 is 43.5 Å². The minimum absolute atomic E-state index is 0.126. The Hall–Kier alpha value is -2.86. The van der Waals surface area contributed by atoms with E-state index in [2.05, 4.69) is 4.99 Å². The van der Waals surface area contributed by atoms with Crippen molar-refractivity contribution in [2.45, 2.75) is 32.2 Å². The highest BCUT2D eigenvalue weighted by Crippen LogP contribution is 2.21. The van der Waals surface area contributed by atoms with Crippen molar-refractivity contribution in [3.05, 3.63) is 58.4 Å². The van der Waals surface area contributed by atoms with Gasteiger partial charge in [0.1, 0.15) is 0 Å². The van der Waals surface area contributed by atoms with Crippen LogP contribution in [0.1, 0.15) is 41.5 Å². The van der Waals surface area contributed by atoms with E-state index in [1.807, 2.05) is 4.57 Å². The Morgan fingerprint density at radius 3 is 2.29 bits per heavy atom. The molecule has 0 aliphatic heterocycles. The van der Waals surface area contributed by atoms with Crippen LogP contribution >= 0.6 is 11.3 Å². The van der Waals surface area contributed by atoms with Crippen LogP contribution in [0, 0.1) is 0 Å². The molecule has 2 aromatic carbocycles. The molecule has 1 heterocycles. The van der Waals surface area contributed by atoms with Gasteiger partial charge in [0.05, 0.1) is 33.9 Å². The molecule has 3 rings (SSSR count). The third kappa shape index (κ3) is 5.87. The van der Waals surface area contributed by atoms with E-state index in [1.54, 1.807) is 46.1 Å². The summed E-state index contributed by atoms with van der Waals surface area (Å²) >= 11 is 1.27. The Kier molecular flexibility index (Phi) is 8.95. The number of fused-ring (bicyclic) bond motifs is 1. The minimum Gasteiger partial charge on any atom is -0.462 e. The summed E-state index contributed by atoms with van der Waals surface area (Å²) in [6.45, 7) is 7.16. The Morgan fingerprint density at radius 2 is 1.69 bits per heavy atom. The number of aromatic nitrogens is 1. The zero-order valence-electron chi connectivity index (χ0n) is 20.2. The first-order valence-corrected chi connectivity index (χ1v) is 13.5. The number of benzene rings is 2. The average molecular weight is 520 g/mol. The van der Waals surface area contributed by atoms with Crippen LogP contribution in [0.5, 0.6) is 0 Å². The van der Waals surface area contributed by atoms with Crippen LogP contribution in [0.25, 0.3) is 10.2 Å². The van der Waals surface area contributed by atoms with Gasteiger partial charge in [0, 0.05) is 32.3 Å². The van der Waals surface area contributed by atoms with Gasteiger partial charge in [-0.2, -0.15) is 9.30 Å². The van der Waals surface area contributed by atoms with Crippen LogP contribution in [0.2, 0.25) is 0 Å². The van der Waals surface area contributed by atoms with E-state index in [0.29, 0.717) is 36.6 Å². The number of ether oxygens (including phenoxy) is 2. The molecule has 0 N–H and O–H groups in total. The summed E-state index contributed by atoms with van der Waals surface area (Å²) in [7, 11) is -2.03. The summed E-state index contributed by atoms with van der Waals surface area (Å²) in [6, 6.07) is 11.0. The molecular weight excluding hydrogens is 490 g/mol. The minimum atomic E-state index is -3.61. The first-order chi connectivity index (χ1) is 16.8. The highest BCUT2D eigenvalue weighted by Gasteiger charge is 2.21. The molecule has 0 saturated carbocycles. The molecule has 1 aromatic heterocycles. The van der Waals surface area contributed by atoms with Gasteiger partial charge in [0.2, 0.25) is 10.0 Å². The molecule has 1 amide bonds. The first-order valence-electron chi connectivity index (χ1n) is 11.3. The second-order valence-corrected chi connectivity index (χ2v) is 10.4. The van der Waals surface area contributed by atoms with Crippen LogP contribution in [0.3, 0.4) is 0 Å². The maximum Gasteiger partial charge on any atom is 0.338 e. The number of carbonyl (C=O) groups excluding carboxylic acids is 2. The molecule has 9 nitrogen and oxygen atoms in total. The second-order valence-electron chi connectivity index (χ2n) is 7.46. The van der Waals surface area contributed by atoms with Crippen LogP contribution in [-0.2, 0) is 26.0 Å². The molecule has 11 heteroatoms. The lowest BCUT2D eigenvalue weighted by Crippen LogP contribution is -2.30. The Bertz CT molecular complexity index is 1370. The van der Waals surface area contributed by atoms with Crippen molar-refractivity contribution in [1.29, 1.82) is 0 Å². The lowest BCUT2D eigenvalue weighted by Gasteiger charge is -2.18. The molecule has 0 radical (unpaired) electrons. The Morgan fingerprint density at radius 1 is 1.03 bits per heavy atom. The number of carbonyl (C=O) groups is 2. The number of methoxy groups -OCH3 is 1. The van der Waals surface area contributed by atoms with Crippen LogP contribution in [0.15, 0.2) is 52.4 Å². The van der Waals surface area contributed by atoms with Gasteiger partial charge in [0.25, 0.3) is 5.91 Å². The van der Waals surface area contributed by atoms with Gasteiger partial charge in [-0.25, -0.2) is 13.2 Å². The topological polar surface area (TPSA) is 107 Å². The molecule has 0 aliphatic carbocycles. The van der Waals surface area contributed by atoms with Crippen LogP contribution < -0.4 is 4.80 Å². The van der Waals surface area contributed by atoms with E-state index < -0.39 is 21.9 Å². The fraction of sp³-hybridized carbons (Fsp3) is 0.375. The van der Waals surface area contributed by atoms with E-state index >= 15 is 0 Å². The molecule has 0 spiro atoms. The van der Waals surface area contributed by atoms with Gasteiger partial charge in [-0.3, -0.25) is 4.79 Å². The maximum atomic E-state index is 12.9. The standard InChI is InChI=1S/C24H29N3O6S2/c1-5-26(6-2)35(30,31)19-11-8-17(9-12-19)22(28)25-24-27(14-15-32-4)20-13-10-18(16-21(20)34-24)23(29)33-7-3/h8-13,16H,5-7,14-15H2,1-4H3. The summed E-state index contributed by atoms with van der Waals surface area (Å²) < 4.78 is 39.7. The highest BCUT2D eigenvalue weighted by atomic mass is 32.2. The number of nitrogens with zero attached hydrogens (tertiary/aromatic N) is 3. The fourth-order valence-electron chi connectivity index (χ4n) is 3.53. The first kappa shape index (κ1) is 26.7. The smallest absolute Gasteiger partial charge is 0.338 e. The van der Waals surface area contributed by atoms with Gasteiger partial charge in [-0.1, -0.05) is 25.2 Å². The molecule has 0 bridgehead atoms. The molecule has 0 atom stereocenters. The molecule has 3 aromatic rings. The molecular formula is C24H29N3O6S2. The zero-order chi connectivity index (χ0) is 25.6. The summed E-state index contributed by atoms with van der Waals surface area (Å²) in [6.07, 6.45) is 0. The van der Waals surface area contributed by atoms with Gasteiger partial charge in [-0.05, 0) is 49.4 Å². The molecule has 0 aliphatic rings. The predicted octanol–water partition coefficient (Wildman–Crippen LogP) is 3.30. The quantitative estimate of drug-likeness (QED) is 0.381. The number of hydrogen-bond acceptors (Lipinski definition) is 7. The zero-order valence-corrected chi connectivity index (χ0v) is 21.8. The van der Waals surface area contributed by atoms with E-state index in [9.17, 15) is 18.0 Å². The molecule has 188 valence electrons. The van der Waals surface area contributed by atoms with Crippen molar-refractivity contribution in [1.82, 2.24) is 8.87 Å². The number of rotatable bonds is 10. The van der Waals surface area contributed by atoms with Crippen molar-refractivity contribution in [2.75, 3.05) is 33.4 Å². The van der Waals surface area contributed by atoms with Gasteiger partial charge in [-0.15, -0.1) is 0 Å². The summed E-state index contributed by atoms with van der Waals surface area (Å²) in [5, 5.41) is 0. The maximum absolute atomic E-state index is 12.9. The number of amides is 1. The van der Waals surface area contributed by atoms with Gasteiger partial charge in [0.15, 0.2) is 4.80 Å². The number of esters is 1. The lowest BCUT2D eigenvalue weighted by atomic mass is 10.2. The van der Waals surface area contributed by atoms with Crippen LogP contribution in [-0.4, -0.2) is 62.6 Å². The molecule has 0 saturated heterocycles. The van der Waals surface area contributed by atoms with Gasteiger partial charge < -0.3 is 14.0 Å². The summed E-state index contributed by atoms with van der Waals surface area (Å²) in [5.74, 6) is -0.916. The SMILES string of the molecule is CCOC(=O)c1ccc2c(c1)sc(=NC(=O)c1ccc(S(=O)(=O)N(CC)CC)cc1)n2CCOC. The summed E-state index contributed by atoms with van der Waals surface area (Å²) in [4.78, 5) is 29.9. The molecule has 35 heavy (non-hydrogen) atoms. The monoisotopic (exact) mass is 519 g/mol. The Balaban J connectivity index is 1.99. The lowest BCUT2D eigenvalue weighted by molar-refractivity contribution is 0.0526. The number of thiazole rings is 1. The van der Waals surface area contributed by atoms with E-state index in [0.717, 1.165) is 10.2 Å². The summed E-state index contributed by atoms with van der Waals surface area (Å²) in [5.41, 5.74) is 1.50. The van der Waals surface area contributed by atoms with E-state index in [1.165, 1.54) is 39.9 Å². The highest BCUT2D eigenvalue weighted by molar-refractivity contribution is 7.89. The van der Waals surface area contributed by atoms with Crippen molar-refractivity contribution in [3.8, 4) is 0 Å². The van der Waals surface area contributed by atoms with E-state index in [4.69, 9.17) is 9.47 Å². The predicted molar refractivity (Wildman–Crippen MR) is 134 cm³/mol. The molecule has 0 unspecified atom stereocenters. The van der Waals surface area contributed by atoms with Crippen molar-refractivity contribution in [2.24, 2.45) is 4.99 Å². The second kappa shape index (κ2) is 11.7. The average Bonchev–Trinajstić information content (AvgIpc) is 3.19. The largest absolute Gasteiger partial charge is 0.462 e. The Labute approximate surface area is 208 Å².